The lowest BCUT2D eigenvalue weighted by molar-refractivity contribution is 0.0600. The minimum absolute atomic E-state index is 0.316. The highest BCUT2D eigenvalue weighted by atomic mass is 35.5. The Kier molecular flexibility index (Phi) is 5.86. The SMILES string of the molecule is COC(=O)c1ccc(Cl)c(Nc2ccc(NC(=O)c3ccc(F)cc3)nc2)c1. The third-order valence-electron chi connectivity index (χ3n) is 3.78. The van der Waals surface area contributed by atoms with Gasteiger partial charge in [0.15, 0.2) is 0 Å². The Morgan fingerprint density at radius 3 is 2.39 bits per heavy atom. The minimum Gasteiger partial charge on any atom is -0.465 e. The van der Waals surface area contributed by atoms with Crippen LogP contribution in [0.4, 0.5) is 21.6 Å². The number of methoxy groups -OCH3 is 1. The van der Waals surface area contributed by atoms with E-state index in [0.29, 0.717) is 33.3 Å². The molecule has 142 valence electrons. The average Bonchev–Trinajstić information content (AvgIpc) is 2.71. The number of halogens is 2. The van der Waals surface area contributed by atoms with E-state index in [9.17, 15) is 14.0 Å². The number of anilines is 3. The van der Waals surface area contributed by atoms with Gasteiger partial charge in [-0.2, -0.15) is 0 Å². The van der Waals surface area contributed by atoms with Crippen molar-refractivity contribution in [2.24, 2.45) is 0 Å². The highest BCUT2D eigenvalue weighted by Crippen LogP contribution is 2.27. The molecule has 1 aromatic heterocycles. The van der Waals surface area contributed by atoms with Crippen LogP contribution >= 0.6 is 11.6 Å². The zero-order valence-corrected chi connectivity index (χ0v) is 15.5. The summed E-state index contributed by atoms with van der Waals surface area (Å²) >= 11 is 6.15. The number of rotatable bonds is 5. The molecule has 0 saturated carbocycles. The predicted molar refractivity (Wildman–Crippen MR) is 105 cm³/mol. The molecule has 0 unspecified atom stereocenters. The van der Waals surface area contributed by atoms with Gasteiger partial charge in [0.1, 0.15) is 11.6 Å². The Morgan fingerprint density at radius 1 is 1.04 bits per heavy atom. The third-order valence-corrected chi connectivity index (χ3v) is 4.11. The fourth-order valence-electron chi connectivity index (χ4n) is 2.35. The van der Waals surface area contributed by atoms with Gasteiger partial charge in [-0.05, 0) is 54.6 Å². The second-order valence-electron chi connectivity index (χ2n) is 5.70. The number of carbonyl (C=O) groups is 2. The van der Waals surface area contributed by atoms with Crippen molar-refractivity contribution >= 4 is 40.7 Å². The first kappa shape index (κ1) is 19.3. The van der Waals surface area contributed by atoms with Crippen LogP contribution in [0.3, 0.4) is 0 Å². The fraction of sp³-hybridized carbons (Fsp3) is 0.0500. The number of carbonyl (C=O) groups excluding carboxylic acids is 2. The molecule has 0 aliphatic heterocycles. The highest BCUT2D eigenvalue weighted by Gasteiger charge is 2.10. The van der Waals surface area contributed by atoms with E-state index in [2.05, 4.69) is 15.6 Å². The van der Waals surface area contributed by atoms with Gasteiger partial charge in [-0.3, -0.25) is 4.79 Å². The molecule has 0 spiro atoms. The van der Waals surface area contributed by atoms with Crippen molar-refractivity contribution in [1.82, 2.24) is 4.98 Å². The largest absolute Gasteiger partial charge is 0.465 e. The summed E-state index contributed by atoms with van der Waals surface area (Å²) in [7, 11) is 1.30. The highest BCUT2D eigenvalue weighted by molar-refractivity contribution is 6.33. The predicted octanol–water partition coefficient (Wildman–Crippen LogP) is 4.66. The lowest BCUT2D eigenvalue weighted by atomic mass is 10.2. The number of esters is 1. The lowest BCUT2D eigenvalue weighted by Crippen LogP contribution is -2.12. The van der Waals surface area contributed by atoms with E-state index < -0.39 is 17.7 Å². The molecule has 0 bridgehead atoms. The first-order chi connectivity index (χ1) is 13.5. The van der Waals surface area contributed by atoms with Gasteiger partial charge in [0.2, 0.25) is 0 Å². The molecule has 0 atom stereocenters. The summed E-state index contributed by atoms with van der Waals surface area (Å²) in [6.45, 7) is 0. The number of hydrogen-bond acceptors (Lipinski definition) is 5. The molecule has 0 saturated heterocycles. The molecule has 6 nitrogen and oxygen atoms in total. The number of ether oxygens (including phenoxy) is 1. The molecule has 28 heavy (non-hydrogen) atoms. The first-order valence-electron chi connectivity index (χ1n) is 8.14. The Balaban J connectivity index is 1.70. The summed E-state index contributed by atoms with van der Waals surface area (Å²) in [5.41, 5.74) is 1.78. The maximum Gasteiger partial charge on any atom is 0.337 e. The van der Waals surface area contributed by atoms with Crippen LogP contribution < -0.4 is 10.6 Å². The normalized spacial score (nSPS) is 10.2. The van der Waals surface area contributed by atoms with Crippen LogP contribution in [-0.4, -0.2) is 24.0 Å². The van der Waals surface area contributed by atoms with Crippen molar-refractivity contribution in [3.05, 3.63) is 82.8 Å². The van der Waals surface area contributed by atoms with Crippen molar-refractivity contribution in [3.63, 3.8) is 0 Å². The van der Waals surface area contributed by atoms with E-state index in [1.54, 1.807) is 30.3 Å². The molecule has 0 radical (unpaired) electrons. The summed E-state index contributed by atoms with van der Waals surface area (Å²) < 4.78 is 17.6. The average molecular weight is 400 g/mol. The van der Waals surface area contributed by atoms with Crippen molar-refractivity contribution in [3.8, 4) is 0 Å². The van der Waals surface area contributed by atoms with Gasteiger partial charge < -0.3 is 15.4 Å². The first-order valence-corrected chi connectivity index (χ1v) is 8.52. The maximum absolute atomic E-state index is 12.9. The molecule has 0 aliphatic carbocycles. The Bertz CT molecular complexity index is 1010. The summed E-state index contributed by atoms with van der Waals surface area (Å²) in [5.74, 6) is -0.965. The number of nitrogens with zero attached hydrogens (tertiary/aromatic N) is 1. The van der Waals surface area contributed by atoms with Crippen LogP contribution in [0.25, 0.3) is 0 Å². The number of benzene rings is 2. The summed E-state index contributed by atoms with van der Waals surface area (Å²) in [5, 5.41) is 6.10. The van der Waals surface area contributed by atoms with Gasteiger partial charge in [-0.25, -0.2) is 14.2 Å². The molecule has 3 rings (SSSR count). The van der Waals surface area contributed by atoms with Gasteiger partial charge in [-0.15, -0.1) is 0 Å². The minimum atomic E-state index is -0.475. The van der Waals surface area contributed by atoms with E-state index in [0.717, 1.165) is 0 Å². The topological polar surface area (TPSA) is 80.3 Å². The van der Waals surface area contributed by atoms with Crippen LogP contribution in [0.1, 0.15) is 20.7 Å². The van der Waals surface area contributed by atoms with E-state index >= 15 is 0 Å². The molecule has 2 N–H and O–H groups in total. The number of aromatic nitrogens is 1. The van der Waals surface area contributed by atoms with Crippen molar-refractivity contribution in [1.29, 1.82) is 0 Å². The van der Waals surface area contributed by atoms with E-state index in [4.69, 9.17) is 16.3 Å². The fourth-order valence-corrected chi connectivity index (χ4v) is 2.52. The van der Waals surface area contributed by atoms with Gasteiger partial charge in [0.05, 0.1) is 35.3 Å². The third kappa shape index (κ3) is 4.63. The summed E-state index contributed by atoms with van der Waals surface area (Å²) in [4.78, 5) is 27.9. The quantitative estimate of drug-likeness (QED) is 0.610. The van der Waals surface area contributed by atoms with Gasteiger partial charge in [0.25, 0.3) is 5.91 Å². The van der Waals surface area contributed by atoms with Crippen LogP contribution in [0.2, 0.25) is 5.02 Å². The molecular formula is C20H15ClFN3O3. The summed E-state index contributed by atoms with van der Waals surface area (Å²) in [6, 6.07) is 13.2. The molecule has 1 amide bonds. The number of nitrogens with one attached hydrogen (secondary N) is 2. The standard InChI is InChI=1S/C20H15ClFN3O3/c1-28-20(27)13-4-8-16(21)17(10-13)24-15-7-9-18(23-11-15)25-19(26)12-2-5-14(22)6-3-12/h2-11,24H,1H3,(H,23,25,26). The van der Waals surface area contributed by atoms with Crippen LogP contribution in [-0.2, 0) is 4.74 Å². The molecular weight excluding hydrogens is 385 g/mol. The molecule has 2 aromatic carbocycles. The molecule has 8 heteroatoms. The van der Waals surface area contributed by atoms with E-state index in [-0.39, 0.29) is 0 Å². The summed E-state index contributed by atoms with van der Waals surface area (Å²) in [6.07, 6.45) is 1.50. The lowest BCUT2D eigenvalue weighted by Gasteiger charge is -2.10. The maximum atomic E-state index is 12.9. The van der Waals surface area contributed by atoms with Crippen LogP contribution in [0.5, 0.6) is 0 Å². The second-order valence-corrected chi connectivity index (χ2v) is 6.11. The van der Waals surface area contributed by atoms with Crippen molar-refractivity contribution < 1.29 is 18.7 Å². The molecule has 0 aliphatic rings. The van der Waals surface area contributed by atoms with E-state index in [1.165, 1.54) is 37.6 Å². The van der Waals surface area contributed by atoms with Gasteiger partial charge in [-0.1, -0.05) is 11.6 Å². The Labute approximate surface area is 165 Å². The van der Waals surface area contributed by atoms with Crippen LogP contribution in [0, 0.1) is 5.82 Å². The zero-order valence-electron chi connectivity index (χ0n) is 14.7. The van der Waals surface area contributed by atoms with Crippen molar-refractivity contribution in [2.45, 2.75) is 0 Å². The zero-order chi connectivity index (χ0) is 20.1. The molecule has 0 fully saturated rings. The Hall–Kier alpha value is -3.45. The number of pyridine rings is 1. The van der Waals surface area contributed by atoms with E-state index in [1.807, 2.05) is 0 Å². The smallest absolute Gasteiger partial charge is 0.337 e. The van der Waals surface area contributed by atoms with Crippen LogP contribution in [0.15, 0.2) is 60.8 Å². The number of hydrogen-bond donors (Lipinski definition) is 2. The molecule has 3 aromatic rings. The van der Waals surface area contributed by atoms with Gasteiger partial charge >= 0.3 is 5.97 Å². The Morgan fingerprint density at radius 2 is 1.75 bits per heavy atom. The molecule has 1 heterocycles. The number of amides is 1. The van der Waals surface area contributed by atoms with Crippen molar-refractivity contribution in [2.75, 3.05) is 17.7 Å². The van der Waals surface area contributed by atoms with Gasteiger partial charge in [0, 0.05) is 5.56 Å². The second kappa shape index (κ2) is 8.49. The monoisotopic (exact) mass is 399 g/mol.